The Bertz CT molecular complexity index is 333. The Hall–Kier alpha value is -1.02. The molecule has 0 aromatic heterocycles. The van der Waals surface area contributed by atoms with Crippen molar-refractivity contribution >= 4 is 0 Å². The van der Waals surface area contributed by atoms with Gasteiger partial charge in [-0.1, -0.05) is 12.1 Å². The zero-order valence-electron chi connectivity index (χ0n) is 8.35. The molecule has 1 aromatic rings. The molecule has 70 valence electrons. The average molecular weight is 177 g/mol. The van der Waals surface area contributed by atoms with E-state index >= 15 is 0 Å². The Kier molecular flexibility index (Phi) is 2.00. The molecule has 1 aromatic carbocycles. The minimum Gasteiger partial charge on any atom is -0.491 e. The molecule has 1 aliphatic heterocycles. The van der Waals surface area contributed by atoms with Gasteiger partial charge in [0, 0.05) is 5.56 Å². The van der Waals surface area contributed by atoms with Crippen molar-refractivity contribution in [1.29, 1.82) is 0 Å². The minimum absolute atomic E-state index is 0.370. The number of ether oxygens (including phenoxy) is 1. The van der Waals surface area contributed by atoms with Crippen LogP contribution >= 0.6 is 0 Å². The lowest BCUT2D eigenvalue weighted by atomic mass is 10.0. The summed E-state index contributed by atoms with van der Waals surface area (Å²) in [5.74, 6) is 1.08. The first-order valence-corrected chi connectivity index (χ1v) is 4.64. The normalized spacial score (nSPS) is 19.8. The summed E-state index contributed by atoms with van der Waals surface area (Å²) in [4.78, 5) is 0. The molecule has 0 bridgehead atoms. The number of nitrogens with one attached hydrogen (secondary N) is 1. The fourth-order valence-electron chi connectivity index (χ4n) is 1.77. The molecule has 2 rings (SSSR count). The van der Waals surface area contributed by atoms with E-state index in [-0.39, 0.29) is 0 Å². The molecule has 1 N–H and O–H groups in total. The van der Waals surface area contributed by atoms with Crippen LogP contribution in [0.1, 0.15) is 22.7 Å². The number of aryl methyl sites for hydroxylation is 1. The van der Waals surface area contributed by atoms with Gasteiger partial charge in [0.15, 0.2) is 0 Å². The van der Waals surface area contributed by atoms with Crippen LogP contribution in [-0.4, -0.2) is 13.7 Å². The van der Waals surface area contributed by atoms with Crippen molar-refractivity contribution in [2.24, 2.45) is 0 Å². The summed E-state index contributed by atoms with van der Waals surface area (Å²) >= 11 is 0. The predicted molar refractivity (Wildman–Crippen MR) is 53.2 cm³/mol. The fraction of sp³-hybridized carbons (Fsp3) is 0.455. The summed E-state index contributed by atoms with van der Waals surface area (Å²) in [6.07, 6.45) is 0. The van der Waals surface area contributed by atoms with Crippen molar-refractivity contribution in [3.05, 3.63) is 28.8 Å². The highest BCUT2D eigenvalue weighted by molar-refractivity contribution is 5.48. The van der Waals surface area contributed by atoms with Gasteiger partial charge < -0.3 is 10.1 Å². The van der Waals surface area contributed by atoms with Crippen molar-refractivity contribution in [3.8, 4) is 5.75 Å². The zero-order valence-corrected chi connectivity index (χ0v) is 8.35. The minimum atomic E-state index is 0.370. The first kappa shape index (κ1) is 8.57. The maximum atomic E-state index is 5.65. The molecule has 0 spiro atoms. The molecule has 1 aliphatic rings. The van der Waals surface area contributed by atoms with E-state index in [9.17, 15) is 0 Å². The number of fused-ring (bicyclic) bond motifs is 1. The molecule has 1 atom stereocenters. The summed E-state index contributed by atoms with van der Waals surface area (Å²) < 4.78 is 5.65. The van der Waals surface area contributed by atoms with Gasteiger partial charge in [-0.15, -0.1) is 0 Å². The van der Waals surface area contributed by atoms with E-state index in [1.807, 2.05) is 7.05 Å². The Morgan fingerprint density at radius 2 is 2.15 bits per heavy atom. The summed E-state index contributed by atoms with van der Waals surface area (Å²) in [5.41, 5.74) is 3.87. The molecular formula is C11H15NO. The highest BCUT2D eigenvalue weighted by Crippen LogP contribution is 2.36. The Morgan fingerprint density at radius 3 is 2.85 bits per heavy atom. The molecule has 0 saturated carbocycles. The van der Waals surface area contributed by atoms with Crippen LogP contribution in [0.3, 0.4) is 0 Å². The highest BCUT2D eigenvalue weighted by atomic mass is 16.5. The van der Waals surface area contributed by atoms with Gasteiger partial charge in [-0.3, -0.25) is 0 Å². The molecule has 1 unspecified atom stereocenters. The summed E-state index contributed by atoms with van der Waals surface area (Å²) in [6, 6.07) is 4.69. The van der Waals surface area contributed by atoms with Gasteiger partial charge in [-0.2, -0.15) is 0 Å². The predicted octanol–water partition coefficient (Wildman–Crippen LogP) is 1.96. The quantitative estimate of drug-likeness (QED) is 0.708. The molecule has 2 nitrogen and oxygen atoms in total. The first-order valence-electron chi connectivity index (χ1n) is 4.64. The maximum Gasteiger partial charge on any atom is 0.127 e. The summed E-state index contributed by atoms with van der Waals surface area (Å²) in [7, 11) is 1.97. The first-order chi connectivity index (χ1) is 6.24. The third kappa shape index (κ3) is 1.22. The van der Waals surface area contributed by atoms with E-state index < -0.39 is 0 Å². The third-order valence-corrected chi connectivity index (χ3v) is 2.83. The summed E-state index contributed by atoms with van der Waals surface area (Å²) in [6.45, 7) is 4.99. The molecule has 0 radical (unpaired) electrons. The van der Waals surface area contributed by atoms with E-state index in [0.29, 0.717) is 6.04 Å². The standard InChI is InChI=1S/C11H15NO/c1-7-4-5-9-10(12-3)6-13-11(9)8(7)2/h4-5,10,12H,6H2,1-3H3. The third-order valence-electron chi connectivity index (χ3n) is 2.83. The van der Waals surface area contributed by atoms with Crippen molar-refractivity contribution in [2.45, 2.75) is 19.9 Å². The van der Waals surface area contributed by atoms with Crippen molar-refractivity contribution in [3.63, 3.8) is 0 Å². The smallest absolute Gasteiger partial charge is 0.127 e. The second kappa shape index (κ2) is 3.04. The van der Waals surface area contributed by atoms with E-state index in [1.54, 1.807) is 0 Å². The molecule has 1 heterocycles. The van der Waals surface area contributed by atoms with Gasteiger partial charge in [0.1, 0.15) is 12.4 Å². The Morgan fingerprint density at radius 1 is 1.38 bits per heavy atom. The largest absolute Gasteiger partial charge is 0.491 e. The van der Waals surface area contributed by atoms with Crippen molar-refractivity contribution in [1.82, 2.24) is 5.32 Å². The summed E-state index contributed by atoms with van der Waals surface area (Å²) in [5, 5.41) is 3.24. The van der Waals surface area contributed by atoms with E-state index in [4.69, 9.17) is 4.74 Å². The highest BCUT2D eigenvalue weighted by Gasteiger charge is 2.24. The molecule has 0 saturated heterocycles. The van der Waals surface area contributed by atoms with Gasteiger partial charge in [0.2, 0.25) is 0 Å². The number of benzene rings is 1. The molecule has 0 amide bonds. The van der Waals surface area contributed by atoms with Crippen LogP contribution in [0.25, 0.3) is 0 Å². The topological polar surface area (TPSA) is 21.3 Å². The second-order valence-electron chi connectivity index (χ2n) is 3.58. The van der Waals surface area contributed by atoms with Gasteiger partial charge >= 0.3 is 0 Å². The Labute approximate surface area is 78.9 Å². The van der Waals surface area contributed by atoms with Gasteiger partial charge in [0.25, 0.3) is 0 Å². The van der Waals surface area contributed by atoms with Crippen LogP contribution in [0.5, 0.6) is 5.75 Å². The number of likely N-dealkylation sites (N-methyl/N-ethyl adjacent to an activating group) is 1. The molecule has 2 heteroatoms. The zero-order chi connectivity index (χ0) is 9.42. The van der Waals surface area contributed by atoms with Crippen LogP contribution in [0.4, 0.5) is 0 Å². The van der Waals surface area contributed by atoms with Crippen LogP contribution in [-0.2, 0) is 0 Å². The van der Waals surface area contributed by atoms with Gasteiger partial charge in [-0.05, 0) is 32.0 Å². The maximum absolute atomic E-state index is 5.65. The van der Waals surface area contributed by atoms with Crippen molar-refractivity contribution < 1.29 is 4.74 Å². The molecule has 0 aliphatic carbocycles. The monoisotopic (exact) mass is 177 g/mol. The number of hydrogen-bond donors (Lipinski definition) is 1. The molecule has 13 heavy (non-hydrogen) atoms. The van der Waals surface area contributed by atoms with Crippen LogP contribution in [0.15, 0.2) is 12.1 Å². The van der Waals surface area contributed by atoms with Crippen LogP contribution in [0.2, 0.25) is 0 Å². The number of rotatable bonds is 1. The molecule has 0 fully saturated rings. The Balaban J connectivity index is 2.50. The van der Waals surface area contributed by atoms with Crippen LogP contribution < -0.4 is 10.1 Å². The lowest BCUT2D eigenvalue weighted by molar-refractivity contribution is 0.316. The van der Waals surface area contributed by atoms with Gasteiger partial charge in [-0.25, -0.2) is 0 Å². The fourth-order valence-corrected chi connectivity index (χ4v) is 1.77. The second-order valence-corrected chi connectivity index (χ2v) is 3.58. The number of hydrogen-bond acceptors (Lipinski definition) is 2. The van der Waals surface area contributed by atoms with E-state index in [0.717, 1.165) is 12.4 Å². The lowest BCUT2D eigenvalue weighted by Gasteiger charge is -2.08. The average Bonchev–Trinajstić information content (AvgIpc) is 2.55. The van der Waals surface area contributed by atoms with Crippen LogP contribution in [0, 0.1) is 13.8 Å². The van der Waals surface area contributed by atoms with E-state index in [1.165, 1.54) is 16.7 Å². The van der Waals surface area contributed by atoms with Gasteiger partial charge in [0.05, 0.1) is 6.04 Å². The SMILES string of the molecule is CNC1COc2c1ccc(C)c2C. The lowest BCUT2D eigenvalue weighted by Crippen LogP contribution is -2.17. The molecular weight excluding hydrogens is 162 g/mol. The van der Waals surface area contributed by atoms with Crippen molar-refractivity contribution in [2.75, 3.05) is 13.7 Å². The van der Waals surface area contributed by atoms with E-state index in [2.05, 4.69) is 31.3 Å².